The highest BCUT2D eigenvalue weighted by atomic mass is 19.4. The smallest absolute Gasteiger partial charge is 0.453 e. The number of hydrogen-bond acceptors (Lipinski definition) is 7. The molecule has 1 aliphatic rings. The summed E-state index contributed by atoms with van der Waals surface area (Å²) in [7, 11) is 3.14. The number of rotatable bonds is 6. The minimum Gasteiger partial charge on any atom is -0.497 e. The number of nitrogens with zero attached hydrogens (tertiary/aromatic N) is 5. The van der Waals surface area contributed by atoms with E-state index in [0.29, 0.717) is 47.8 Å². The molecule has 1 saturated heterocycles. The molecule has 1 fully saturated rings. The minimum absolute atomic E-state index is 0.0206. The van der Waals surface area contributed by atoms with Gasteiger partial charge in [-0.25, -0.2) is 0 Å². The fraction of sp³-hybridized carbons (Fsp3) is 0.455. The third kappa shape index (κ3) is 4.70. The Labute approximate surface area is 193 Å². The molecule has 1 aliphatic heterocycles. The van der Waals surface area contributed by atoms with Crippen LogP contribution in [0.3, 0.4) is 0 Å². The molecule has 2 aromatic heterocycles. The lowest BCUT2D eigenvalue weighted by molar-refractivity contribution is -0.146. The quantitative estimate of drug-likeness (QED) is 0.581. The number of hydrogen-bond donors (Lipinski definition) is 1. The lowest BCUT2D eigenvalue weighted by atomic mass is 9.95. The van der Waals surface area contributed by atoms with Crippen LogP contribution in [0.5, 0.6) is 11.5 Å². The molecule has 3 aromatic rings. The fourth-order valence-corrected chi connectivity index (χ4v) is 4.08. The van der Waals surface area contributed by atoms with Crippen LogP contribution in [0.15, 0.2) is 30.3 Å². The highest BCUT2D eigenvalue weighted by Crippen LogP contribution is 2.31. The first-order chi connectivity index (χ1) is 16.2. The molecule has 34 heavy (non-hydrogen) atoms. The number of ether oxygens (including phenoxy) is 2. The second-order valence-electron chi connectivity index (χ2n) is 8.08. The summed E-state index contributed by atoms with van der Waals surface area (Å²) in [6, 6.07) is 8.17. The SMILES string of the molecule is COc1ccc(OC)c(C(C)NC(=O)C2CCN(c3ccc4nnc(C(F)(F)F)n4n3)CC2)c1. The van der Waals surface area contributed by atoms with Gasteiger partial charge >= 0.3 is 6.18 Å². The Hall–Kier alpha value is -3.57. The molecular formula is C22H25F3N6O3. The number of halogens is 3. The van der Waals surface area contributed by atoms with E-state index < -0.39 is 12.0 Å². The van der Waals surface area contributed by atoms with Gasteiger partial charge in [-0.2, -0.15) is 17.7 Å². The average Bonchev–Trinajstić information content (AvgIpc) is 3.27. The number of aromatic nitrogens is 4. The summed E-state index contributed by atoms with van der Waals surface area (Å²) in [5.41, 5.74) is 0.826. The van der Waals surface area contributed by atoms with Crippen LogP contribution in [-0.2, 0) is 11.0 Å². The Bertz CT molecular complexity index is 1170. The van der Waals surface area contributed by atoms with Crippen LogP contribution >= 0.6 is 0 Å². The first-order valence-electron chi connectivity index (χ1n) is 10.8. The normalized spacial score (nSPS) is 15.9. The molecule has 0 bridgehead atoms. The topological polar surface area (TPSA) is 93.9 Å². The van der Waals surface area contributed by atoms with E-state index in [2.05, 4.69) is 20.6 Å². The predicted octanol–water partition coefficient (Wildman–Crippen LogP) is 3.25. The highest BCUT2D eigenvalue weighted by molar-refractivity contribution is 5.79. The summed E-state index contributed by atoms with van der Waals surface area (Å²) in [5.74, 6) is 0.221. The van der Waals surface area contributed by atoms with Crippen LogP contribution in [0.25, 0.3) is 5.65 Å². The molecule has 1 unspecified atom stereocenters. The van der Waals surface area contributed by atoms with Gasteiger partial charge < -0.3 is 19.7 Å². The standard InChI is InChI=1S/C22H25F3N6O3/c1-13(16-12-15(33-2)4-5-17(16)34-3)26-20(32)14-8-10-30(11-9-14)19-7-6-18-27-28-21(22(23,24)25)31(18)29-19/h4-7,12-14H,8-11H2,1-3H3,(H,26,32). The first-order valence-corrected chi connectivity index (χ1v) is 10.8. The summed E-state index contributed by atoms with van der Waals surface area (Å²) < 4.78 is 50.8. The second kappa shape index (κ2) is 9.35. The molecule has 9 nitrogen and oxygen atoms in total. The van der Waals surface area contributed by atoms with Crippen molar-refractivity contribution in [3.8, 4) is 11.5 Å². The molecule has 1 atom stereocenters. The number of carbonyl (C=O) groups excluding carboxylic acids is 1. The molecule has 1 amide bonds. The van der Waals surface area contributed by atoms with Gasteiger partial charge in [0.05, 0.1) is 20.3 Å². The number of nitrogens with one attached hydrogen (secondary N) is 1. The van der Waals surface area contributed by atoms with Gasteiger partial charge in [0, 0.05) is 24.6 Å². The summed E-state index contributed by atoms with van der Waals surface area (Å²) in [5, 5.41) is 13.9. The van der Waals surface area contributed by atoms with Crippen molar-refractivity contribution in [2.45, 2.75) is 32.0 Å². The van der Waals surface area contributed by atoms with Crippen molar-refractivity contribution < 1.29 is 27.4 Å². The Morgan fingerprint density at radius 1 is 1.12 bits per heavy atom. The maximum atomic E-state index is 13.1. The summed E-state index contributed by atoms with van der Waals surface area (Å²) in [6.45, 7) is 2.84. The zero-order valence-corrected chi connectivity index (χ0v) is 19.0. The van der Waals surface area contributed by atoms with Crippen molar-refractivity contribution in [1.29, 1.82) is 0 Å². The van der Waals surface area contributed by atoms with Gasteiger partial charge in [0.2, 0.25) is 5.91 Å². The summed E-state index contributed by atoms with van der Waals surface area (Å²) in [4.78, 5) is 14.8. The maximum Gasteiger partial charge on any atom is 0.453 e. The van der Waals surface area contributed by atoms with E-state index in [1.807, 2.05) is 17.9 Å². The summed E-state index contributed by atoms with van der Waals surface area (Å²) >= 11 is 0. The zero-order chi connectivity index (χ0) is 24.5. The van der Waals surface area contributed by atoms with Gasteiger partial charge in [-0.3, -0.25) is 4.79 Å². The Morgan fingerprint density at radius 2 is 1.85 bits per heavy atom. The fourth-order valence-electron chi connectivity index (χ4n) is 4.08. The molecular weight excluding hydrogens is 453 g/mol. The van der Waals surface area contributed by atoms with Crippen LogP contribution < -0.4 is 19.7 Å². The molecule has 0 radical (unpaired) electrons. The van der Waals surface area contributed by atoms with E-state index in [9.17, 15) is 18.0 Å². The Balaban J connectivity index is 1.41. The third-order valence-electron chi connectivity index (χ3n) is 5.95. The molecule has 3 heterocycles. The number of amides is 1. The average molecular weight is 478 g/mol. The van der Waals surface area contributed by atoms with E-state index in [-0.39, 0.29) is 23.5 Å². The molecule has 1 N–H and O–H groups in total. The van der Waals surface area contributed by atoms with Crippen molar-refractivity contribution in [2.24, 2.45) is 5.92 Å². The number of fused-ring (bicyclic) bond motifs is 1. The van der Waals surface area contributed by atoms with Gasteiger partial charge in [0.15, 0.2) is 5.65 Å². The van der Waals surface area contributed by atoms with Crippen LogP contribution in [0.4, 0.5) is 19.0 Å². The van der Waals surface area contributed by atoms with E-state index in [1.54, 1.807) is 32.4 Å². The third-order valence-corrected chi connectivity index (χ3v) is 5.95. The monoisotopic (exact) mass is 478 g/mol. The van der Waals surface area contributed by atoms with Crippen LogP contribution in [0.2, 0.25) is 0 Å². The lowest BCUT2D eigenvalue weighted by Gasteiger charge is -2.32. The van der Waals surface area contributed by atoms with Crippen LogP contribution in [0.1, 0.15) is 37.2 Å². The first kappa shape index (κ1) is 23.6. The molecule has 182 valence electrons. The molecule has 0 aliphatic carbocycles. The largest absolute Gasteiger partial charge is 0.497 e. The van der Waals surface area contributed by atoms with Crippen molar-refractivity contribution in [3.63, 3.8) is 0 Å². The predicted molar refractivity (Wildman–Crippen MR) is 117 cm³/mol. The molecule has 0 spiro atoms. The zero-order valence-electron chi connectivity index (χ0n) is 19.0. The molecule has 12 heteroatoms. The van der Waals surface area contributed by atoms with E-state index in [4.69, 9.17) is 9.47 Å². The van der Waals surface area contributed by atoms with Crippen molar-refractivity contribution in [1.82, 2.24) is 25.1 Å². The van der Waals surface area contributed by atoms with Crippen molar-refractivity contribution in [2.75, 3.05) is 32.2 Å². The van der Waals surface area contributed by atoms with Crippen molar-refractivity contribution >= 4 is 17.4 Å². The van der Waals surface area contributed by atoms with Gasteiger partial charge in [-0.15, -0.1) is 15.3 Å². The lowest BCUT2D eigenvalue weighted by Crippen LogP contribution is -2.41. The van der Waals surface area contributed by atoms with Crippen molar-refractivity contribution in [3.05, 3.63) is 41.7 Å². The van der Waals surface area contributed by atoms with Crippen LogP contribution in [-0.4, -0.2) is 53.0 Å². The number of methoxy groups -OCH3 is 2. The number of carbonyl (C=O) groups is 1. The van der Waals surface area contributed by atoms with Gasteiger partial charge in [-0.05, 0) is 50.1 Å². The van der Waals surface area contributed by atoms with Crippen LogP contribution in [0, 0.1) is 5.92 Å². The van der Waals surface area contributed by atoms with Gasteiger partial charge in [-0.1, -0.05) is 0 Å². The van der Waals surface area contributed by atoms with E-state index >= 15 is 0 Å². The number of piperidine rings is 1. The highest BCUT2D eigenvalue weighted by Gasteiger charge is 2.38. The van der Waals surface area contributed by atoms with E-state index in [1.165, 1.54) is 6.07 Å². The Morgan fingerprint density at radius 3 is 2.50 bits per heavy atom. The van der Waals surface area contributed by atoms with E-state index in [0.717, 1.165) is 5.56 Å². The minimum atomic E-state index is -4.65. The number of anilines is 1. The molecule has 4 rings (SSSR count). The summed E-state index contributed by atoms with van der Waals surface area (Å²) in [6.07, 6.45) is -3.57. The van der Waals surface area contributed by atoms with Gasteiger partial charge in [0.1, 0.15) is 17.3 Å². The molecule has 0 saturated carbocycles. The number of benzene rings is 1. The number of alkyl halides is 3. The Kier molecular flexibility index (Phi) is 6.49. The van der Waals surface area contributed by atoms with Gasteiger partial charge in [0.25, 0.3) is 5.82 Å². The second-order valence-corrected chi connectivity index (χ2v) is 8.08. The maximum absolute atomic E-state index is 13.1. The molecule has 1 aromatic carbocycles.